The molecule has 0 radical (unpaired) electrons. The van der Waals surface area contributed by atoms with Crippen LogP contribution in [0.25, 0.3) is 11.2 Å². The molecular weight excluding hydrogens is 686 g/mol. The molecule has 3 aromatic rings. The SMILES string of the molecule is Cl.Cl.N[C@H]1CC[C@H](Nc2nc(NC3CCN(S(=O)(=O)c4ccc(C(F)(F)F)cc4[N+](=O)[O-])CC3)c3ncn(C4CCCC4)c3n2)CC1. The minimum Gasteiger partial charge on any atom is -0.365 e. The van der Waals surface area contributed by atoms with Crippen LogP contribution in [-0.2, 0) is 16.2 Å². The maximum Gasteiger partial charge on any atom is 0.416 e. The van der Waals surface area contributed by atoms with Crippen LogP contribution in [0.3, 0.4) is 0 Å². The summed E-state index contributed by atoms with van der Waals surface area (Å²) in [5.41, 5.74) is 5.04. The van der Waals surface area contributed by atoms with Crippen molar-refractivity contribution >= 4 is 63.5 Å². The first-order valence-corrected chi connectivity index (χ1v) is 16.7. The van der Waals surface area contributed by atoms with E-state index in [0.29, 0.717) is 48.3 Å². The number of nitrogens with two attached hydrogens (primary N) is 1. The van der Waals surface area contributed by atoms with Crippen LogP contribution in [0.2, 0.25) is 0 Å². The van der Waals surface area contributed by atoms with Gasteiger partial charge in [0.1, 0.15) is 0 Å². The smallest absolute Gasteiger partial charge is 0.365 e. The zero-order valence-electron chi connectivity index (χ0n) is 25.4. The standard InChI is InChI=1S/C28H36F3N9O4S.2ClH/c29-28(30,31)17-5-10-23(22(15-17)40(41)42)45(43,44)38-13-11-20(12-14-38)34-25-24-26(39(16-33-24)21-3-1-2-4-21)37-27(36-25)35-19-8-6-18(32)7-9-19;;/h5,10,15-16,18-21H,1-4,6-9,11-14,32H2,(H2,34,35,36,37);2*1H/t18-,19-;;. The fourth-order valence-corrected chi connectivity index (χ4v) is 8.21. The number of anilines is 2. The molecule has 3 aliphatic rings. The Labute approximate surface area is 282 Å². The summed E-state index contributed by atoms with van der Waals surface area (Å²) in [7, 11) is -4.43. The summed E-state index contributed by atoms with van der Waals surface area (Å²) < 4.78 is 69.4. The molecule has 3 fully saturated rings. The van der Waals surface area contributed by atoms with E-state index in [0.717, 1.165) is 61.3 Å². The summed E-state index contributed by atoms with van der Waals surface area (Å²) in [6.07, 6.45) is 5.68. The van der Waals surface area contributed by atoms with E-state index in [4.69, 9.17) is 15.7 Å². The van der Waals surface area contributed by atoms with Crippen molar-refractivity contribution in [3.63, 3.8) is 0 Å². The molecular formula is C28H38Cl2F3N9O4S. The average molecular weight is 725 g/mol. The number of benzene rings is 1. The molecule has 1 aliphatic heterocycles. The predicted molar refractivity (Wildman–Crippen MR) is 175 cm³/mol. The molecule has 0 unspecified atom stereocenters. The van der Waals surface area contributed by atoms with Crippen LogP contribution in [0.5, 0.6) is 0 Å². The number of nitro groups is 1. The number of imidazole rings is 1. The number of nitrogens with zero attached hydrogens (tertiary/aromatic N) is 6. The number of rotatable bonds is 8. The van der Waals surface area contributed by atoms with Gasteiger partial charge < -0.3 is 20.9 Å². The van der Waals surface area contributed by atoms with Crippen molar-refractivity contribution in [3.05, 3.63) is 40.2 Å². The molecule has 0 spiro atoms. The van der Waals surface area contributed by atoms with Gasteiger partial charge in [0.05, 0.1) is 16.8 Å². The first-order chi connectivity index (χ1) is 21.4. The second-order valence-corrected chi connectivity index (χ2v) is 14.1. The lowest BCUT2D eigenvalue weighted by Gasteiger charge is -2.32. The van der Waals surface area contributed by atoms with E-state index >= 15 is 0 Å². The maximum absolute atomic E-state index is 13.4. The summed E-state index contributed by atoms with van der Waals surface area (Å²) >= 11 is 0. The minimum atomic E-state index is -4.85. The summed E-state index contributed by atoms with van der Waals surface area (Å²) in [5, 5.41) is 18.5. The zero-order valence-corrected chi connectivity index (χ0v) is 27.8. The number of nitrogens with one attached hydrogen (secondary N) is 2. The van der Waals surface area contributed by atoms with Crippen LogP contribution in [0.1, 0.15) is 75.8 Å². The number of sulfonamides is 1. The normalized spacial score (nSPS) is 21.6. The average Bonchev–Trinajstić information content (AvgIpc) is 3.68. The van der Waals surface area contributed by atoms with Gasteiger partial charge in [0.2, 0.25) is 16.0 Å². The van der Waals surface area contributed by atoms with Crippen LogP contribution in [-0.4, -0.2) is 68.4 Å². The van der Waals surface area contributed by atoms with Gasteiger partial charge in [-0.15, -0.1) is 24.8 Å². The summed E-state index contributed by atoms with van der Waals surface area (Å²) in [6.45, 7) is 0.0205. The molecule has 6 rings (SSSR count). The van der Waals surface area contributed by atoms with E-state index in [2.05, 4.69) is 20.2 Å². The van der Waals surface area contributed by atoms with Crippen molar-refractivity contribution in [1.29, 1.82) is 0 Å². The van der Waals surface area contributed by atoms with Gasteiger partial charge in [0, 0.05) is 43.3 Å². The molecule has 260 valence electrons. The summed E-state index contributed by atoms with van der Waals surface area (Å²) in [6, 6.07) is 1.97. The van der Waals surface area contributed by atoms with Gasteiger partial charge in [0.25, 0.3) is 5.69 Å². The monoisotopic (exact) mass is 723 g/mol. The van der Waals surface area contributed by atoms with E-state index in [1.54, 1.807) is 6.33 Å². The predicted octanol–water partition coefficient (Wildman–Crippen LogP) is 5.66. The van der Waals surface area contributed by atoms with Crippen molar-refractivity contribution in [3.8, 4) is 0 Å². The number of piperidine rings is 1. The Hall–Kier alpha value is -2.99. The van der Waals surface area contributed by atoms with Gasteiger partial charge in [-0.3, -0.25) is 10.1 Å². The zero-order chi connectivity index (χ0) is 31.9. The molecule has 1 saturated heterocycles. The molecule has 3 heterocycles. The van der Waals surface area contributed by atoms with Gasteiger partial charge >= 0.3 is 6.18 Å². The highest BCUT2D eigenvalue weighted by atomic mass is 35.5. The van der Waals surface area contributed by atoms with Crippen LogP contribution in [0.15, 0.2) is 29.4 Å². The first-order valence-electron chi connectivity index (χ1n) is 15.3. The van der Waals surface area contributed by atoms with E-state index in [9.17, 15) is 31.7 Å². The second kappa shape index (κ2) is 14.6. The van der Waals surface area contributed by atoms with Crippen molar-refractivity contribution in [2.24, 2.45) is 5.73 Å². The number of aromatic nitrogens is 4. The molecule has 2 aliphatic carbocycles. The largest absolute Gasteiger partial charge is 0.416 e. The van der Waals surface area contributed by atoms with E-state index < -0.39 is 37.3 Å². The van der Waals surface area contributed by atoms with Crippen molar-refractivity contribution in [2.45, 2.75) is 99.4 Å². The molecule has 19 heteroatoms. The third-order valence-corrected chi connectivity index (χ3v) is 11.1. The first kappa shape index (κ1) is 36.8. The highest BCUT2D eigenvalue weighted by Gasteiger charge is 2.38. The molecule has 4 N–H and O–H groups in total. The number of hydrogen-bond donors (Lipinski definition) is 3. The lowest BCUT2D eigenvalue weighted by Crippen LogP contribution is -2.42. The van der Waals surface area contributed by atoms with Gasteiger partial charge in [-0.2, -0.15) is 27.4 Å². The number of alkyl halides is 3. The third kappa shape index (κ3) is 7.85. The number of fused-ring (bicyclic) bond motifs is 1. The molecule has 47 heavy (non-hydrogen) atoms. The Kier molecular flexibility index (Phi) is 11.5. The number of hydrogen-bond acceptors (Lipinski definition) is 10. The van der Waals surface area contributed by atoms with E-state index in [1.165, 1.54) is 0 Å². The molecule has 0 atom stereocenters. The van der Waals surface area contributed by atoms with Gasteiger partial charge in [-0.05, 0) is 63.5 Å². The molecule has 2 saturated carbocycles. The summed E-state index contributed by atoms with van der Waals surface area (Å²) in [5.74, 6) is 1.02. The fraction of sp³-hybridized carbons (Fsp3) is 0.607. The molecule has 0 amide bonds. The van der Waals surface area contributed by atoms with Gasteiger partial charge in [0.15, 0.2) is 21.9 Å². The maximum atomic E-state index is 13.4. The lowest BCUT2D eigenvalue weighted by molar-refractivity contribution is -0.388. The Morgan fingerprint density at radius 2 is 1.57 bits per heavy atom. The molecule has 13 nitrogen and oxygen atoms in total. The molecule has 2 aromatic heterocycles. The molecule has 1 aromatic carbocycles. The highest BCUT2D eigenvalue weighted by Crippen LogP contribution is 2.37. The van der Waals surface area contributed by atoms with Crippen LogP contribution < -0.4 is 16.4 Å². The molecule has 0 bridgehead atoms. The lowest BCUT2D eigenvalue weighted by atomic mass is 9.92. The Morgan fingerprint density at radius 1 is 0.936 bits per heavy atom. The van der Waals surface area contributed by atoms with E-state index in [-0.39, 0.29) is 62.1 Å². The number of nitro benzene ring substituents is 1. The van der Waals surface area contributed by atoms with Crippen molar-refractivity contribution in [1.82, 2.24) is 23.8 Å². The Morgan fingerprint density at radius 3 is 2.19 bits per heavy atom. The van der Waals surface area contributed by atoms with E-state index in [1.807, 2.05) is 0 Å². The topological polar surface area (TPSA) is 174 Å². The fourth-order valence-electron chi connectivity index (χ4n) is 6.60. The highest BCUT2D eigenvalue weighted by molar-refractivity contribution is 7.89. The van der Waals surface area contributed by atoms with Gasteiger partial charge in [-0.1, -0.05) is 12.8 Å². The van der Waals surface area contributed by atoms with Crippen LogP contribution >= 0.6 is 24.8 Å². The van der Waals surface area contributed by atoms with Gasteiger partial charge in [-0.25, -0.2) is 13.4 Å². The quantitative estimate of drug-likeness (QED) is 0.194. The number of halogens is 5. The van der Waals surface area contributed by atoms with Crippen molar-refractivity contribution < 1.29 is 26.5 Å². The second-order valence-electron chi connectivity index (χ2n) is 12.2. The summed E-state index contributed by atoms with van der Waals surface area (Å²) in [4.78, 5) is 24.0. The Bertz CT molecular complexity index is 1670. The van der Waals surface area contributed by atoms with Crippen LogP contribution in [0, 0.1) is 10.1 Å². The van der Waals surface area contributed by atoms with Crippen LogP contribution in [0.4, 0.5) is 30.6 Å². The third-order valence-electron chi connectivity index (χ3n) is 9.14. The van der Waals surface area contributed by atoms with Crippen molar-refractivity contribution in [2.75, 3.05) is 23.7 Å². The minimum absolute atomic E-state index is 0. The Balaban J connectivity index is 0.00000250.